The Labute approximate surface area is 151 Å². The van der Waals surface area contributed by atoms with Crippen LogP contribution >= 0.6 is 0 Å². The lowest BCUT2D eigenvalue weighted by atomic mass is 10.0. The summed E-state index contributed by atoms with van der Waals surface area (Å²) in [5, 5.41) is 3.92. The number of rotatable bonds is 1. The largest absolute Gasteiger partial charge is 0.358 e. The molecule has 0 aliphatic heterocycles. The number of allylic oxidation sites excluding steroid dienone is 1. The molecule has 5 aromatic rings. The number of benzene rings is 3. The molecular weight excluding hydrogens is 316 g/mol. The fourth-order valence-corrected chi connectivity index (χ4v) is 4.41. The molecule has 0 fully saturated rings. The van der Waals surface area contributed by atoms with E-state index in [0.717, 1.165) is 12.8 Å². The molecule has 0 unspecified atom stereocenters. The number of H-pyrrole nitrogens is 1. The predicted molar refractivity (Wildman–Crippen MR) is 110 cm³/mol. The molecule has 0 radical (unpaired) electrons. The van der Waals surface area contributed by atoms with Crippen molar-refractivity contribution in [3.63, 3.8) is 0 Å². The molecule has 0 bridgehead atoms. The third-order valence-electron chi connectivity index (χ3n) is 5.59. The fraction of sp³-hybridized carbons (Fsp3) is 0.0833. The summed E-state index contributed by atoms with van der Waals surface area (Å²) in [5.74, 6) is 0. The molecule has 2 nitrogen and oxygen atoms in total. The summed E-state index contributed by atoms with van der Waals surface area (Å²) in [4.78, 5) is 3.60. The van der Waals surface area contributed by atoms with E-state index in [9.17, 15) is 0 Å². The van der Waals surface area contributed by atoms with Gasteiger partial charge in [0, 0.05) is 38.6 Å². The van der Waals surface area contributed by atoms with Crippen molar-refractivity contribution >= 4 is 38.8 Å². The lowest BCUT2D eigenvalue weighted by Gasteiger charge is -2.09. The summed E-state index contributed by atoms with van der Waals surface area (Å²) in [7, 11) is 0. The number of nitrogens with one attached hydrogen (secondary N) is 1. The molecule has 0 saturated carbocycles. The highest BCUT2D eigenvalue weighted by Gasteiger charge is 2.15. The number of para-hydroxylation sites is 2. The SMILES string of the molecule is C1=Cc2c([nH]c3ccc(-n4c5ccccc5c5ccccc54)cc23)CC1. The van der Waals surface area contributed by atoms with Gasteiger partial charge in [0.25, 0.3) is 0 Å². The summed E-state index contributed by atoms with van der Waals surface area (Å²) in [6, 6.07) is 24.1. The van der Waals surface area contributed by atoms with E-state index < -0.39 is 0 Å². The molecule has 6 rings (SSSR count). The van der Waals surface area contributed by atoms with Crippen molar-refractivity contribution in [1.29, 1.82) is 0 Å². The molecule has 2 heterocycles. The van der Waals surface area contributed by atoms with Crippen LogP contribution in [0.25, 0.3) is 44.5 Å². The first-order valence-electron chi connectivity index (χ1n) is 9.20. The Kier molecular flexibility index (Phi) is 2.75. The number of aromatic nitrogens is 2. The summed E-state index contributed by atoms with van der Waals surface area (Å²) in [6.45, 7) is 0. The summed E-state index contributed by atoms with van der Waals surface area (Å²) in [5.41, 5.74) is 7.68. The molecule has 1 aliphatic rings. The van der Waals surface area contributed by atoms with Crippen LogP contribution < -0.4 is 0 Å². The van der Waals surface area contributed by atoms with Crippen LogP contribution in [0.1, 0.15) is 17.7 Å². The van der Waals surface area contributed by atoms with Crippen LogP contribution in [0.3, 0.4) is 0 Å². The highest BCUT2D eigenvalue weighted by Crippen LogP contribution is 2.34. The Morgan fingerprint density at radius 3 is 2.27 bits per heavy atom. The number of aromatic amines is 1. The molecule has 1 N–H and O–H groups in total. The third-order valence-corrected chi connectivity index (χ3v) is 5.59. The van der Waals surface area contributed by atoms with Gasteiger partial charge in [-0.2, -0.15) is 0 Å². The van der Waals surface area contributed by atoms with Crippen LogP contribution in [0.15, 0.2) is 72.8 Å². The van der Waals surface area contributed by atoms with E-state index >= 15 is 0 Å². The minimum Gasteiger partial charge on any atom is -0.358 e. The monoisotopic (exact) mass is 334 g/mol. The van der Waals surface area contributed by atoms with Crippen molar-refractivity contribution in [2.24, 2.45) is 0 Å². The molecule has 26 heavy (non-hydrogen) atoms. The Morgan fingerprint density at radius 1 is 0.769 bits per heavy atom. The van der Waals surface area contributed by atoms with Gasteiger partial charge >= 0.3 is 0 Å². The van der Waals surface area contributed by atoms with Gasteiger partial charge in [0.05, 0.1) is 11.0 Å². The molecule has 0 spiro atoms. The van der Waals surface area contributed by atoms with E-state index in [4.69, 9.17) is 0 Å². The predicted octanol–water partition coefficient (Wildman–Crippen LogP) is 6.22. The molecule has 0 saturated heterocycles. The Hall–Kier alpha value is -3.26. The van der Waals surface area contributed by atoms with E-state index in [2.05, 4.69) is 88.4 Å². The fourth-order valence-electron chi connectivity index (χ4n) is 4.41. The highest BCUT2D eigenvalue weighted by atomic mass is 15.0. The lowest BCUT2D eigenvalue weighted by Crippen LogP contribution is -1.93. The van der Waals surface area contributed by atoms with Crippen molar-refractivity contribution in [1.82, 2.24) is 9.55 Å². The minimum absolute atomic E-state index is 1.10. The van der Waals surface area contributed by atoms with Crippen molar-refractivity contribution in [2.75, 3.05) is 0 Å². The maximum absolute atomic E-state index is 3.60. The molecular formula is C24H18N2. The minimum atomic E-state index is 1.10. The van der Waals surface area contributed by atoms with Crippen LogP contribution in [0.4, 0.5) is 0 Å². The molecule has 1 aliphatic carbocycles. The van der Waals surface area contributed by atoms with Gasteiger partial charge in [0.15, 0.2) is 0 Å². The number of hydrogen-bond donors (Lipinski definition) is 1. The van der Waals surface area contributed by atoms with Gasteiger partial charge in [-0.15, -0.1) is 0 Å². The van der Waals surface area contributed by atoms with Crippen molar-refractivity contribution in [3.05, 3.63) is 84.1 Å². The van der Waals surface area contributed by atoms with E-state index in [-0.39, 0.29) is 0 Å². The quantitative estimate of drug-likeness (QED) is 0.375. The summed E-state index contributed by atoms with van der Waals surface area (Å²) in [6.07, 6.45) is 6.78. The summed E-state index contributed by atoms with van der Waals surface area (Å²) >= 11 is 0. The highest BCUT2D eigenvalue weighted by molar-refractivity contribution is 6.09. The van der Waals surface area contributed by atoms with E-state index in [0.29, 0.717) is 0 Å². The lowest BCUT2D eigenvalue weighted by molar-refractivity contribution is 0.951. The molecule has 2 heteroatoms. The van der Waals surface area contributed by atoms with Crippen LogP contribution in [0.2, 0.25) is 0 Å². The number of hydrogen-bond acceptors (Lipinski definition) is 0. The van der Waals surface area contributed by atoms with Crippen molar-refractivity contribution in [2.45, 2.75) is 12.8 Å². The standard InChI is InChI=1S/C24H18N2/c1-4-10-21-17(7-1)20-15-16(13-14-22(20)25-21)26-23-11-5-2-8-18(23)19-9-3-6-12-24(19)26/h1-3,5-9,11-15,25H,4,10H2. The molecule has 2 aromatic heterocycles. The Bertz CT molecular complexity index is 1280. The molecule has 0 amide bonds. The van der Waals surface area contributed by atoms with Crippen LogP contribution in [0.5, 0.6) is 0 Å². The van der Waals surface area contributed by atoms with E-state index in [1.54, 1.807) is 0 Å². The van der Waals surface area contributed by atoms with Gasteiger partial charge in [-0.05, 0) is 43.2 Å². The van der Waals surface area contributed by atoms with Crippen LogP contribution in [-0.4, -0.2) is 9.55 Å². The zero-order valence-corrected chi connectivity index (χ0v) is 14.4. The first kappa shape index (κ1) is 14.0. The van der Waals surface area contributed by atoms with Crippen LogP contribution in [0, 0.1) is 0 Å². The Morgan fingerprint density at radius 2 is 1.50 bits per heavy atom. The van der Waals surface area contributed by atoms with Gasteiger partial charge in [-0.25, -0.2) is 0 Å². The average Bonchev–Trinajstić information content (AvgIpc) is 3.23. The second kappa shape index (κ2) is 5.12. The van der Waals surface area contributed by atoms with Crippen molar-refractivity contribution in [3.8, 4) is 5.69 Å². The smallest absolute Gasteiger partial charge is 0.0541 e. The average molecular weight is 334 g/mol. The third kappa shape index (κ3) is 1.81. The Balaban J connectivity index is 1.72. The molecule has 0 atom stereocenters. The molecule has 124 valence electrons. The zero-order valence-electron chi connectivity index (χ0n) is 14.4. The van der Waals surface area contributed by atoms with E-state index in [1.807, 2.05) is 0 Å². The second-order valence-electron chi connectivity index (χ2n) is 7.06. The second-order valence-corrected chi connectivity index (χ2v) is 7.06. The van der Waals surface area contributed by atoms with Gasteiger partial charge < -0.3 is 9.55 Å². The summed E-state index contributed by atoms with van der Waals surface area (Å²) < 4.78 is 2.38. The normalized spacial score (nSPS) is 13.7. The van der Waals surface area contributed by atoms with Gasteiger partial charge in [0.2, 0.25) is 0 Å². The van der Waals surface area contributed by atoms with E-state index in [1.165, 1.54) is 49.7 Å². The van der Waals surface area contributed by atoms with Gasteiger partial charge in [-0.3, -0.25) is 0 Å². The van der Waals surface area contributed by atoms with Crippen LogP contribution in [-0.2, 0) is 6.42 Å². The maximum atomic E-state index is 3.60. The number of fused-ring (bicyclic) bond motifs is 6. The topological polar surface area (TPSA) is 20.7 Å². The van der Waals surface area contributed by atoms with Crippen molar-refractivity contribution < 1.29 is 0 Å². The number of aryl methyl sites for hydroxylation is 1. The van der Waals surface area contributed by atoms with Gasteiger partial charge in [-0.1, -0.05) is 48.6 Å². The first-order valence-corrected chi connectivity index (χ1v) is 9.20. The first-order chi connectivity index (χ1) is 12.9. The molecule has 3 aromatic carbocycles. The maximum Gasteiger partial charge on any atom is 0.0541 e. The number of nitrogens with zero attached hydrogens (tertiary/aromatic N) is 1. The van der Waals surface area contributed by atoms with Gasteiger partial charge in [0.1, 0.15) is 0 Å². The zero-order chi connectivity index (χ0) is 17.1.